The number of aromatic nitrogens is 2. The van der Waals surface area contributed by atoms with Crippen molar-refractivity contribution in [1.82, 2.24) is 9.38 Å². The smallest absolute Gasteiger partial charge is 0.144 e. The van der Waals surface area contributed by atoms with Crippen LogP contribution in [0.4, 0.5) is 11.5 Å². The van der Waals surface area contributed by atoms with Gasteiger partial charge in [-0.3, -0.25) is 4.40 Å². The standard InChI is InChI=1S/C20H19N3S/c1-13-8-11-18-22-19(17-10-9-15(3)24-17)20(23(18)12-13)21-16-7-5-4-6-14(16)2/h4-12,21H,1-3H3. The summed E-state index contributed by atoms with van der Waals surface area (Å²) in [7, 11) is 0. The summed E-state index contributed by atoms with van der Waals surface area (Å²) >= 11 is 1.77. The number of hydrogen-bond donors (Lipinski definition) is 1. The molecule has 0 unspecified atom stereocenters. The SMILES string of the molecule is Cc1ccc2nc(-c3ccc(C)s3)c(Nc3ccccc3C)n2c1. The molecule has 0 bridgehead atoms. The second-order valence-electron chi connectivity index (χ2n) is 6.09. The highest BCUT2D eigenvalue weighted by Crippen LogP contribution is 2.35. The van der Waals surface area contributed by atoms with Gasteiger partial charge >= 0.3 is 0 Å². The lowest BCUT2D eigenvalue weighted by molar-refractivity contribution is 1.15. The molecular weight excluding hydrogens is 314 g/mol. The first-order valence-corrected chi connectivity index (χ1v) is 8.81. The molecule has 0 atom stereocenters. The molecule has 0 amide bonds. The van der Waals surface area contributed by atoms with Crippen molar-refractivity contribution in [2.75, 3.05) is 5.32 Å². The predicted molar refractivity (Wildman–Crippen MR) is 102 cm³/mol. The molecule has 0 aliphatic rings. The van der Waals surface area contributed by atoms with Crippen molar-refractivity contribution in [1.29, 1.82) is 0 Å². The van der Waals surface area contributed by atoms with Gasteiger partial charge in [-0.25, -0.2) is 4.98 Å². The minimum absolute atomic E-state index is 0.956. The quantitative estimate of drug-likeness (QED) is 0.518. The molecule has 4 heteroatoms. The zero-order valence-corrected chi connectivity index (χ0v) is 14.8. The van der Waals surface area contributed by atoms with Gasteiger partial charge in [0.15, 0.2) is 0 Å². The topological polar surface area (TPSA) is 29.3 Å². The minimum Gasteiger partial charge on any atom is -0.339 e. The average molecular weight is 333 g/mol. The van der Waals surface area contributed by atoms with Crippen LogP contribution in [-0.4, -0.2) is 9.38 Å². The monoisotopic (exact) mass is 333 g/mol. The van der Waals surface area contributed by atoms with Crippen LogP contribution in [-0.2, 0) is 0 Å². The number of benzene rings is 1. The summed E-state index contributed by atoms with van der Waals surface area (Å²) < 4.78 is 2.14. The van der Waals surface area contributed by atoms with Gasteiger partial charge in [0.05, 0.1) is 4.88 Å². The maximum absolute atomic E-state index is 4.87. The highest BCUT2D eigenvalue weighted by Gasteiger charge is 2.16. The molecule has 0 radical (unpaired) electrons. The first-order chi connectivity index (χ1) is 11.6. The van der Waals surface area contributed by atoms with E-state index in [1.165, 1.54) is 20.9 Å². The number of fused-ring (bicyclic) bond motifs is 1. The third kappa shape index (κ3) is 2.59. The van der Waals surface area contributed by atoms with E-state index in [4.69, 9.17) is 4.98 Å². The van der Waals surface area contributed by atoms with Gasteiger partial charge in [0.1, 0.15) is 17.2 Å². The lowest BCUT2D eigenvalue weighted by Gasteiger charge is -2.11. The Morgan fingerprint density at radius 2 is 1.79 bits per heavy atom. The van der Waals surface area contributed by atoms with Crippen molar-refractivity contribution in [2.45, 2.75) is 20.8 Å². The van der Waals surface area contributed by atoms with Crippen LogP contribution in [0.5, 0.6) is 0 Å². The van der Waals surface area contributed by atoms with Gasteiger partial charge < -0.3 is 5.32 Å². The van der Waals surface area contributed by atoms with E-state index >= 15 is 0 Å². The van der Waals surface area contributed by atoms with Gasteiger partial charge in [0.25, 0.3) is 0 Å². The summed E-state index contributed by atoms with van der Waals surface area (Å²) in [6.07, 6.45) is 2.13. The van der Waals surface area contributed by atoms with Crippen LogP contribution in [0.3, 0.4) is 0 Å². The molecule has 0 saturated heterocycles. The van der Waals surface area contributed by atoms with Crippen LogP contribution in [0, 0.1) is 20.8 Å². The predicted octanol–water partition coefficient (Wildman–Crippen LogP) is 5.73. The highest BCUT2D eigenvalue weighted by atomic mass is 32.1. The summed E-state index contributed by atoms with van der Waals surface area (Å²) in [4.78, 5) is 7.35. The molecule has 120 valence electrons. The Balaban J connectivity index is 1.93. The molecule has 4 rings (SSSR count). The molecule has 1 N–H and O–H groups in total. The third-order valence-electron chi connectivity index (χ3n) is 4.14. The second-order valence-corrected chi connectivity index (χ2v) is 7.38. The number of rotatable bonds is 3. The number of aryl methyl sites for hydroxylation is 3. The van der Waals surface area contributed by atoms with Crippen molar-refractivity contribution >= 4 is 28.5 Å². The fourth-order valence-corrected chi connectivity index (χ4v) is 3.70. The molecule has 0 aliphatic heterocycles. The molecule has 0 spiro atoms. The molecule has 3 aromatic heterocycles. The van der Waals surface area contributed by atoms with Crippen LogP contribution in [0.1, 0.15) is 16.0 Å². The molecular formula is C20H19N3S. The Morgan fingerprint density at radius 1 is 0.958 bits per heavy atom. The molecule has 0 fully saturated rings. The van der Waals surface area contributed by atoms with Gasteiger partial charge in [-0.15, -0.1) is 11.3 Å². The summed E-state index contributed by atoms with van der Waals surface area (Å²) in [6.45, 7) is 6.35. The molecule has 4 aromatic rings. The van der Waals surface area contributed by atoms with E-state index in [-0.39, 0.29) is 0 Å². The maximum atomic E-state index is 4.87. The number of pyridine rings is 1. The van der Waals surface area contributed by atoms with Gasteiger partial charge in [-0.1, -0.05) is 24.3 Å². The van der Waals surface area contributed by atoms with E-state index in [0.29, 0.717) is 0 Å². The van der Waals surface area contributed by atoms with Crippen LogP contribution >= 0.6 is 11.3 Å². The second kappa shape index (κ2) is 5.80. The number of imidazole rings is 1. The summed E-state index contributed by atoms with van der Waals surface area (Å²) in [5.41, 5.74) is 5.49. The third-order valence-corrected chi connectivity index (χ3v) is 5.15. The lowest BCUT2D eigenvalue weighted by Crippen LogP contribution is -1.98. The van der Waals surface area contributed by atoms with Crippen molar-refractivity contribution in [3.8, 4) is 10.6 Å². The maximum Gasteiger partial charge on any atom is 0.144 e. The van der Waals surface area contributed by atoms with Gasteiger partial charge in [0.2, 0.25) is 0 Å². The van der Waals surface area contributed by atoms with Crippen LogP contribution in [0.25, 0.3) is 16.2 Å². The number of nitrogens with one attached hydrogen (secondary N) is 1. The van der Waals surface area contributed by atoms with E-state index in [0.717, 1.165) is 22.8 Å². The number of para-hydroxylation sites is 1. The van der Waals surface area contributed by atoms with Gasteiger partial charge in [0, 0.05) is 16.8 Å². The molecule has 3 heterocycles. The van der Waals surface area contributed by atoms with Crippen molar-refractivity contribution < 1.29 is 0 Å². The molecule has 0 aliphatic carbocycles. The van der Waals surface area contributed by atoms with Gasteiger partial charge in [-0.05, 0) is 56.2 Å². The zero-order valence-electron chi connectivity index (χ0n) is 14.0. The van der Waals surface area contributed by atoms with E-state index in [9.17, 15) is 0 Å². The Hall–Kier alpha value is -2.59. The van der Waals surface area contributed by atoms with Crippen LogP contribution in [0.15, 0.2) is 54.7 Å². The normalized spacial score (nSPS) is 11.1. The summed E-state index contributed by atoms with van der Waals surface area (Å²) in [5, 5.41) is 3.61. The molecule has 0 saturated carbocycles. The van der Waals surface area contributed by atoms with Crippen molar-refractivity contribution in [3.63, 3.8) is 0 Å². The fraction of sp³-hybridized carbons (Fsp3) is 0.150. The van der Waals surface area contributed by atoms with E-state index in [2.05, 4.69) is 85.2 Å². The largest absolute Gasteiger partial charge is 0.339 e. The average Bonchev–Trinajstić information content (AvgIpc) is 3.14. The van der Waals surface area contributed by atoms with Crippen LogP contribution in [0.2, 0.25) is 0 Å². The number of hydrogen-bond acceptors (Lipinski definition) is 3. The minimum atomic E-state index is 0.956. The summed E-state index contributed by atoms with van der Waals surface area (Å²) in [5.74, 6) is 1.02. The zero-order chi connectivity index (χ0) is 16.7. The van der Waals surface area contributed by atoms with Crippen LogP contribution < -0.4 is 5.32 Å². The fourth-order valence-electron chi connectivity index (χ4n) is 2.84. The highest BCUT2D eigenvalue weighted by molar-refractivity contribution is 7.15. The first-order valence-electron chi connectivity index (χ1n) is 8.00. The Bertz CT molecular complexity index is 1030. The van der Waals surface area contributed by atoms with E-state index in [1.54, 1.807) is 11.3 Å². The van der Waals surface area contributed by atoms with Crippen molar-refractivity contribution in [2.24, 2.45) is 0 Å². The Labute approximate surface area is 145 Å². The summed E-state index contributed by atoms with van der Waals surface area (Å²) in [6, 6.07) is 16.8. The molecule has 3 nitrogen and oxygen atoms in total. The van der Waals surface area contributed by atoms with E-state index in [1.807, 2.05) is 0 Å². The Kier molecular flexibility index (Phi) is 3.62. The number of anilines is 2. The lowest BCUT2D eigenvalue weighted by atomic mass is 10.2. The number of nitrogens with zero attached hydrogens (tertiary/aromatic N) is 2. The Morgan fingerprint density at radius 3 is 2.54 bits per heavy atom. The number of thiophene rings is 1. The van der Waals surface area contributed by atoms with Crippen molar-refractivity contribution in [3.05, 3.63) is 70.7 Å². The van der Waals surface area contributed by atoms with Gasteiger partial charge in [-0.2, -0.15) is 0 Å². The molecule has 24 heavy (non-hydrogen) atoms. The molecule has 1 aromatic carbocycles. The first kappa shape index (κ1) is 15.0. The van der Waals surface area contributed by atoms with E-state index < -0.39 is 0 Å².